The molecule has 0 unspecified atom stereocenters. The molecule has 1 atom stereocenters. The zero-order chi connectivity index (χ0) is 19.3. The number of amides is 2. The van der Waals surface area contributed by atoms with E-state index in [1.54, 1.807) is 28.6 Å². The molecule has 3 aromatic rings. The molecule has 0 saturated carbocycles. The van der Waals surface area contributed by atoms with Crippen LogP contribution in [0.1, 0.15) is 23.4 Å². The Hall–Kier alpha value is -2.80. The lowest BCUT2D eigenvalue weighted by molar-refractivity contribution is -0.129. The summed E-state index contributed by atoms with van der Waals surface area (Å²) in [5, 5.41) is 4.08. The number of carbonyl (C=O) groups is 2. The molecule has 1 aromatic carbocycles. The maximum Gasteiger partial charge on any atom is 0.225 e. The number of aryl methyl sites for hydroxylation is 1. The summed E-state index contributed by atoms with van der Waals surface area (Å²) in [5.41, 5.74) is 2.06. The van der Waals surface area contributed by atoms with Crippen LogP contribution in [0.3, 0.4) is 0 Å². The highest BCUT2D eigenvalue weighted by atomic mass is 32.1. The first-order valence-electron chi connectivity index (χ1n) is 9.48. The fourth-order valence-corrected chi connectivity index (χ4v) is 4.44. The van der Waals surface area contributed by atoms with Crippen LogP contribution in [0.2, 0.25) is 0 Å². The Kier molecular flexibility index (Phi) is 5.62. The Labute approximate surface area is 167 Å². The number of nitrogens with zero attached hydrogens (tertiary/aromatic N) is 3. The number of likely N-dealkylation sites (tertiary alicyclic amines) is 1. The van der Waals surface area contributed by atoms with E-state index in [0.717, 1.165) is 28.9 Å². The summed E-state index contributed by atoms with van der Waals surface area (Å²) in [6.07, 6.45) is 5.40. The van der Waals surface area contributed by atoms with Gasteiger partial charge in [0.05, 0.1) is 21.1 Å². The van der Waals surface area contributed by atoms with Crippen LogP contribution < -0.4 is 5.32 Å². The van der Waals surface area contributed by atoms with Crippen molar-refractivity contribution in [2.24, 2.45) is 5.92 Å². The van der Waals surface area contributed by atoms with E-state index in [9.17, 15) is 9.59 Å². The Bertz CT molecular complexity index is 940. The molecular formula is C21H22N4O2S. The van der Waals surface area contributed by atoms with Gasteiger partial charge in [0.15, 0.2) is 0 Å². The topological polar surface area (TPSA) is 75.2 Å². The lowest BCUT2D eigenvalue weighted by atomic mass is 10.1. The molecule has 7 heteroatoms. The van der Waals surface area contributed by atoms with Crippen LogP contribution in [0.25, 0.3) is 10.2 Å². The van der Waals surface area contributed by atoms with Gasteiger partial charge >= 0.3 is 0 Å². The van der Waals surface area contributed by atoms with Crippen molar-refractivity contribution in [3.63, 3.8) is 0 Å². The molecule has 1 aliphatic heterocycles. The Morgan fingerprint density at radius 3 is 2.86 bits per heavy atom. The molecule has 1 fully saturated rings. The van der Waals surface area contributed by atoms with Gasteiger partial charge in [0.25, 0.3) is 0 Å². The maximum atomic E-state index is 12.4. The van der Waals surface area contributed by atoms with E-state index < -0.39 is 0 Å². The molecule has 1 N–H and O–H groups in total. The summed E-state index contributed by atoms with van der Waals surface area (Å²) in [4.78, 5) is 35.0. The first-order chi connectivity index (χ1) is 13.7. The van der Waals surface area contributed by atoms with Crippen molar-refractivity contribution >= 4 is 33.4 Å². The third kappa shape index (κ3) is 4.36. The van der Waals surface area contributed by atoms with Crippen molar-refractivity contribution in [1.82, 2.24) is 20.2 Å². The number of benzene rings is 1. The van der Waals surface area contributed by atoms with Gasteiger partial charge in [-0.25, -0.2) is 4.98 Å². The average Bonchev–Trinajstić information content (AvgIpc) is 3.29. The van der Waals surface area contributed by atoms with Gasteiger partial charge in [0, 0.05) is 44.9 Å². The molecule has 0 bridgehead atoms. The Morgan fingerprint density at radius 1 is 1.21 bits per heavy atom. The lowest BCUT2D eigenvalue weighted by Crippen LogP contribution is -2.33. The molecule has 2 amide bonds. The minimum absolute atomic E-state index is 0.0325. The third-order valence-corrected chi connectivity index (χ3v) is 6.01. The molecule has 6 nitrogen and oxygen atoms in total. The van der Waals surface area contributed by atoms with E-state index in [4.69, 9.17) is 0 Å². The van der Waals surface area contributed by atoms with E-state index in [-0.39, 0.29) is 24.2 Å². The zero-order valence-corrected chi connectivity index (χ0v) is 16.3. The van der Waals surface area contributed by atoms with Gasteiger partial charge in [-0.2, -0.15) is 0 Å². The summed E-state index contributed by atoms with van der Waals surface area (Å²) >= 11 is 1.70. The molecule has 0 radical (unpaired) electrons. The second kappa shape index (κ2) is 8.48. The van der Waals surface area contributed by atoms with E-state index in [2.05, 4.69) is 21.4 Å². The second-order valence-corrected chi connectivity index (χ2v) is 8.12. The van der Waals surface area contributed by atoms with Crippen LogP contribution in [0.15, 0.2) is 48.8 Å². The van der Waals surface area contributed by atoms with Gasteiger partial charge in [-0.05, 0) is 36.2 Å². The monoisotopic (exact) mass is 394 g/mol. The van der Waals surface area contributed by atoms with E-state index >= 15 is 0 Å². The number of hydrogen-bond donors (Lipinski definition) is 1. The molecular weight excluding hydrogens is 372 g/mol. The number of fused-ring (bicyclic) bond motifs is 1. The average molecular weight is 395 g/mol. The van der Waals surface area contributed by atoms with Crippen molar-refractivity contribution in [3.8, 4) is 0 Å². The quantitative estimate of drug-likeness (QED) is 0.625. The van der Waals surface area contributed by atoms with Crippen LogP contribution in [-0.2, 0) is 22.6 Å². The lowest BCUT2D eigenvalue weighted by Gasteiger charge is -2.16. The van der Waals surface area contributed by atoms with Gasteiger partial charge < -0.3 is 10.2 Å². The molecule has 1 saturated heterocycles. The number of para-hydroxylation sites is 1. The standard InChI is InChI=1S/C21H22N4O2S/c26-20-12-16(14-25(20)13-15-7-10-22-11-8-15)21(27)23-9-3-6-19-24-17-4-1-2-5-18(17)28-19/h1-2,4-5,7-8,10-11,16H,3,6,9,12-14H2,(H,23,27)/t16-/m0/s1. The van der Waals surface area contributed by atoms with Gasteiger partial charge in [0.2, 0.25) is 11.8 Å². The van der Waals surface area contributed by atoms with Crippen LogP contribution >= 0.6 is 11.3 Å². The second-order valence-electron chi connectivity index (χ2n) is 7.00. The van der Waals surface area contributed by atoms with Gasteiger partial charge in [-0.3, -0.25) is 14.6 Å². The predicted octanol–water partition coefficient (Wildman–Crippen LogP) is 2.79. The van der Waals surface area contributed by atoms with Crippen molar-refractivity contribution in [2.75, 3.05) is 13.1 Å². The van der Waals surface area contributed by atoms with E-state index in [1.165, 1.54) is 4.70 Å². The molecule has 3 heterocycles. The Morgan fingerprint density at radius 2 is 2.04 bits per heavy atom. The highest BCUT2D eigenvalue weighted by Crippen LogP contribution is 2.23. The van der Waals surface area contributed by atoms with Crippen molar-refractivity contribution in [3.05, 3.63) is 59.4 Å². The number of nitrogens with one attached hydrogen (secondary N) is 1. The number of rotatable bonds is 7. The number of thiazole rings is 1. The van der Waals surface area contributed by atoms with Crippen molar-refractivity contribution in [2.45, 2.75) is 25.8 Å². The minimum Gasteiger partial charge on any atom is -0.356 e. The van der Waals surface area contributed by atoms with Crippen LogP contribution in [0, 0.1) is 5.92 Å². The Balaban J connectivity index is 1.22. The highest BCUT2D eigenvalue weighted by Gasteiger charge is 2.33. The molecule has 144 valence electrons. The van der Waals surface area contributed by atoms with Crippen molar-refractivity contribution < 1.29 is 9.59 Å². The number of carbonyl (C=O) groups excluding carboxylic acids is 2. The smallest absolute Gasteiger partial charge is 0.225 e. The highest BCUT2D eigenvalue weighted by molar-refractivity contribution is 7.18. The fraction of sp³-hybridized carbons (Fsp3) is 0.333. The summed E-state index contributed by atoms with van der Waals surface area (Å²) in [7, 11) is 0. The third-order valence-electron chi connectivity index (χ3n) is 4.91. The van der Waals surface area contributed by atoms with Gasteiger partial charge in [-0.1, -0.05) is 12.1 Å². The van der Waals surface area contributed by atoms with Crippen LogP contribution in [0.5, 0.6) is 0 Å². The predicted molar refractivity (Wildman–Crippen MR) is 109 cm³/mol. The van der Waals surface area contributed by atoms with Crippen LogP contribution in [-0.4, -0.2) is 39.8 Å². The number of aromatic nitrogens is 2. The molecule has 28 heavy (non-hydrogen) atoms. The van der Waals surface area contributed by atoms with Gasteiger partial charge in [-0.15, -0.1) is 11.3 Å². The summed E-state index contributed by atoms with van der Waals surface area (Å²) in [6, 6.07) is 11.9. The SMILES string of the molecule is O=C(NCCCc1nc2ccccc2s1)[C@H]1CC(=O)N(Cc2ccncc2)C1. The van der Waals surface area contributed by atoms with E-state index in [1.807, 2.05) is 30.3 Å². The fourth-order valence-electron chi connectivity index (χ4n) is 3.43. The zero-order valence-electron chi connectivity index (χ0n) is 15.5. The molecule has 4 rings (SSSR count). The van der Waals surface area contributed by atoms with E-state index in [0.29, 0.717) is 19.6 Å². The first-order valence-corrected chi connectivity index (χ1v) is 10.3. The summed E-state index contributed by atoms with van der Waals surface area (Å²) in [6.45, 7) is 1.61. The van der Waals surface area contributed by atoms with Gasteiger partial charge in [0.1, 0.15) is 0 Å². The molecule has 0 aliphatic carbocycles. The summed E-state index contributed by atoms with van der Waals surface area (Å²) < 4.78 is 1.19. The first kappa shape index (κ1) is 18.6. The number of pyridine rings is 1. The maximum absolute atomic E-state index is 12.4. The number of hydrogen-bond acceptors (Lipinski definition) is 5. The van der Waals surface area contributed by atoms with Crippen molar-refractivity contribution in [1.29, 1.82) is 0 Å². The minimum atomic E-state index is -0.267. The molecule has 2 aromatic heterocycles. The summed E-state index contributed by atoms with van der Waals surface area (Å²) in [5.74, 6) is -0.266. The van der Waals surface area contributed by atoms with Crippen LogP contribution in [0.4, 0.5) is 0 Å². The largest absolute Gasteiger partial charge is 0.356 e. The molecule has 0 spiro atoms. The molecule has 1 aliphatic rings. The normalized spacial score (nSPS) is 16.6.